The molecule has 0 spiro atoms. The van der Waals surface area contributed by atoms with Gasteiger partial charge in [-0.15, -0.1) is 11.3 Å². The second-order valence-electron chi connectivity index (χ2n) is 5.22. The quantitative estimate of drug-likeness (QED) is 0.496. The van der Waals surface area contributed by atoms with E-state index in [0.717, 1.165) is 23.5 Å². The second kappa shape index (κ2) is 7.20. The van der Waals surface area contributed by atoms with Gasteiger partial charge < -0.3 is 0 Å². The molecule has 4 heteroatoms. The van der Waals surface area contributed by atoms with Crippen LogP contribution in [0.2, 0.25) is 0 Å². The summed E-state index contributed by atoms with van der Waals surface area (Å²) in [6, 6.07) is 16.1. The van der Waals surface area contributed by atoms with E-state index in [-0.39, 0.29) is 5.78 Å². The highest BCUT2D eigenvalue weighted by Gasteiger charge is 2.07. The van der Waals surface area contributed by atoms with Crippen LogP contribution in [0.15, 0.2) is 60.8 Å². The summed E-state index contributed by atoms with van der Waals surface area (Å²) in [5, 5.41) is 4.34. The third-order valence-corrected chi connectivity index (χ3v) is 4.62. The molecule has 116 valence electrons. The molecule has 1 aromatic carbocycles. The average molecular weight is 322 g/mol. The maximum absolute atomic E-state index is 12.2. The van der Waals surface area contributed by atoms with E-state index in [0.29, 0.717) is 0 Å². The van der Waals surface area contributed by atoms with Crippen LogP contribution in [0.1, 0.15) is 32.7 Å². The first-order valence-electron chi connectivity index (χ1n) is 7.63. The fourth-order valence-corrected chi connectivity index (χ4v) is 3.25. The molecule has 0 saturated carbocycles. The van der Waals surface area contributed by atoms with Crippen LogP contribution in [-0.4, -0.2) is 15.6 Å². The molecule has 3 rings (SSSR count). The first-order valence-corrected chi connectivity index (χ1v) is 8.45. The molecular weight excluding hydrogens is 304 g/mol. The SMILES string of the molecule is CCn1ccc(/C=C/C(=O)c2ccc(Cc3ccccc3)s2)n1. The number of hydrogen-bond acceptors (Lipinski definition) is 3. The summed E-state index contributed by atoms with van der Waals surface area (Å²) in [5.41, 5.74) is 2.07. The van der Waals surface area contributed by atoms with Crippen LogP contribution in [0.3, 0.4) is 0 Å². The van der Waals surface area contributed by atoms with Crippen molar-refractivity contribution >= 4 is 23.2 Å². The lowest BCUT2D eigenvalue weighted by Crippen LogP contribution is -1.94. The predicted molar refractivity (Wildman–Crippen MR) is 94.8 cm³/mol. The van der Waals surface area contributed by atoms with E-state index in [2.05, 4.69) is 17.2 Å². The number of thiophene rings is 1. The van der Waals surface area contributed by atoms with E-state index in [1.807, 2.05) is 54.2 Å². The fourth-order valence-electron chi connectivity index (χ4n) is 2.29. The van der Waals surface area contributed by atoms with Crippen molar-refractivity contribution in [1.29, 1.82) is 0 Å². The molecule has 0 bridgehead atoms. The number of carbonyl (C=O) groups is 1. The van der Waals surface area contributed by atoms with E-state index >= 15 is 0 Å². The zero-order valence-corrected chi connectivity index (χ0v) is 13.8. The van der Waals surface area contributed by atoms with E-state index in [1.54, 1.807) is 23.5 Å². The number of nitrogens with zero attached hydrogens (tertiary/aromatic N) is 2. The number of ketones is 1. The van der Waals surface area contributed by atoms with Gasteiger partial charge in [-0.1, -0.05) is 30.3 Å². The van der Waals surface area contributed by atoms with Gasteiger partial charge in [0, 0.05) is 24.0 Å². The highest BCUT2D eigenvalue weighted by atomic mass is 32.1. The minimum atomic E-state index is 0.0281. The Balaban J connectivity index is 1.66. The number of allylic oxidation sites excluding steroid dienone is 1. The molecule has 0 N–H and O–H groups in total. The lowest BCUT2D eigenvalue weighted by molar-refractivity contribution is 0.105. The van der Waals surface area contributed by atoms with Gasteiger partial charge in [-0.25, -0.2) is 0 Å². The number of hydrogen-bond donors (Lipinski definition) is 0. The normalized spacial score (nSPS) is 11.2. The molecule has 0 aliphatic rings. The Morgan fingerprint density at radius 2 is 2.00 bits per heavy atom. The molecular formula is C19H18N2OS. The Kier molecular flexibility index (Phi) is 4.83. The zero-order valence-electron chi connectivity index (χ0n) is 13.0. The molecule has 0 unspecified atom stereocenters. The molecule has 3 nitrogen and oxygen atoms in total. The monoisotopic (exact) mass is 322 g/mol. The van der Waals surface area contributed by atoms with Crippen LogP contribution in [0.25, 0.3) is 6.08 Å². The van der Waals surface area contributed by atoms with Gasteiger partial charge in [-0.05, 0) is 42.8 Å². The Morgan fingerprint density at radius 1 is 1.17 bits per heavy atom. The third kappa shape index (κ3) is 4.05. The first-order chi connectivity index (χ1) is 11.2. The summed E-state index contributed by atoms with van der Waals surface area (Å²) in [5.74, 6) is 0.0281. The van der Waals surface area contributed by atoms with Gasteiger partial charge in [-0.2, -0.15) is 5.10 Å². The second-order valence-corrected chi connectivity index (χ2v) is 6.39. The Morgan fingerprint density at radius 3 is 2.74 bits per heavy atom. The van der Waals surface area contributed by atoms with Gasteiger partial charge in [0.1, 0.15) is 0 Å². The van der Waals surface area contributed by atoms with Crippen molar-refractivity contribution in [2.24, 2.45) is 0 Å². The van der Waals surface area contributed by atoms with Gasteiger partial charge in [0.05, 0.1) is 10.6 Å². The van der Waals surface area contributed by atoms with Gasteiger partial charge in [0.2, 0.25) is 0 Å². The molecule has 3 aromatic rings. The Hall–Kier alpha value is -2.46. The lowest BCUT2D eigenvalue weighted by atomic mass is 10.1. The summed E-state index contributed by atoms with van der Waals surface area (Å²) in [4.78, 5) is 14.2. The minimum Gasteiger partial charge on any atom is -0.288 e. The van der Waals surface area contributed by atoms with E-state index in [9.17, 15) is 4.79 Å². The summed E-state index contributed by atoms with van der Waals surface area (Å²) in [6.45, 7) is 2.86. The summed E-state index contributed by atoms with van der Waals surface area (Å²) >= 11 is 1.55. The van der Waals surface area contributed by atoms with Crippen LogP contribution >= 0.6 is 11.3 Å². The molecule has 2 heterocycles. The molecule has 0 fully saturated rings. The highest BCUT2D eigenvalue weighted by molar-refractivity contribution is 7.14. The number of carbonyl (C=O) groups excluding carboxylic acids is 1. The Labute approximate surface area is 139 Å². The van der Waals surface area contributed by atoms with Crippen molar-refractivity contribution in [1.82, 2.24) is 9.78 Å². The maximum Gasteiger partial charge on any atom is 0.195 e. The van der Waals surface area contributed by atoms with Crippen LogP contribution in [0.5, 0.6) is 0 Å². The van der Waals surface area contributed by atoms with Crippen LogP contribution < -0.4 is 0 Å². The van der Waals surface area contributed by atoms with Crippen molar-refractivity contribution in [3.05, 3.63) is 81.8 Å². The summed E-state index contributed by atoms with van der Waals surface area (Å²) < 4.78 is 1.84. The predicted octanol–water partition coefficient (Wildman–Crippen LogP) is 4.45. The van der Waals surface area contributed by atoms with E-state index in [1.165, 1.54) is 10.4 Å². The topological polar surface area (TPSA) is 34.9 Å². The van der Waals surface area contributed by atoms with Crippen molar-refractivity contribution in [2.75, 3.05) is 0 Å². The van der Waals surface area contributed by atoms with Gasteiger partial charge in [-0.3, -0.25) is 9.48 Å². The van der Waals surface area contributed by atoms with Crippen molar-refractivity contribution in [3.63, 3.8) is 0 Å². The van der Waals surface area contributed by atoms with Gasteiger partial charge in [0.25, 0.3) is 0 Å². The molecule has 0 aliphatic heterocycles. The maximum atomic E-state index is 12.2. The van der Waals surface area contributed by atoms with Gasteiger partial charge in [0.15, 0.2) is 5.78 Å². The largest absolute Gasteiger partial charge is 0.288 e. The highest BCUT2D eigenvalue weighted by Crippen LogP contribution is 2.21. The van der Waals surface area contributed by atoms with Gasteiger partial charge >= 0.3 is 0 Å². The fraction of sp³-hybridized carbons (Fsp3) is 0.158. The van der Waals surface area contributed by atoms with Crippen LogP contribution in [0.4, 0.5) is 0 Å². The number of aryl methyl sites for hydroxylation is 1. The molecule has 0 aliphatic carbocycles. The molecule has 0 radical (unpaired) electrons. The van der Waals surface area contributed by atoms with Crippen molar-refractivity contribution in [3.8, 4) is 0 Å². The summed E-state index contributed by atoms with van der Waals surface area (Å²) in [7, 11) is 0. The first kappa shape index (κ1) is 15.4. The van der Waals surface area contributed by atoms with E-state index in [4.69, 9.17) is 0 Å². The van der Waals surface area contributed by atoms with E-state index < -0.39 is 0 Å². The zero-order chi connectivity index (χ0) is 16.1. The minimum absolute atomic E-state index is 0.0281. The lowest BCUT2D eigenvalue weighted by Gasteiger charge is -1.96. The average Bonchev–Trinajstić information content (AvgIpc) is 3.23. The van der Waals surface area contributed by atoms with Crippen molar-refractivity contribution in [2.45, 2.75) is 19.9 Å². The Bertz CT molecular complexity index is 815. The molecule has 0 saturated heterocycles. The third-order valence-electron chi connectivity index (χ3n) is 3.52. The number of aromatic nitrogens is 2. The molecule has 0 atom stereocenters. The number of benzene rings is 1. The van der Waals surface area contributed by atoms with Crippen LogP contribution in [-0.2, 0) is 13.0 Å². The smallest absolute Gasteiger partial charge is 0.195 e. The molecule has 2 aromatic heterocycles. The number of rotatable bonds is 6. The van der Waals surface area contributed by atoms with Crippen molar-refractivity contribution < 1.29 is 4.79 Å². The van der Waals surface area contributed by atoms with Crippen LogP contribution in [0, 0.1) is 0 Å². The summed E-state index contributed by atoms with van der Waals surface area (Å²) in [6.07, 6.45) is 6.14. The standard InChI is InChI=1S/C19H18N2OS/c1-2-21-13-12-16(20-21)8-10-18(22)19-11-9-17(23-19)14-15-6-4-3-5-7-15/h3-13H,2,14H2,1H3/b10-8+. The molecule has 0 amide bonds. The molecule has 23 heavy (non-hydrogen) atoms.